The van der Waals surface area contributed by atoms with E-state index in [-0.39, 0.29) is 11.5 Å². The molecule has 1 unspecified atom stereocenters. The second-order valence-corrected chi connectivity index (χ2v) is 6.75. The lowest BCUT2D eigenvalue weighted by Crippen LogP contribution is -2.37. The predicted octanol–water partition coefficient (Wildman–Crippen LogP) is 4.16. The van der Waals surface area contributed by atoms with Crippen molar-refractivity contribution in [2.24, 2.45) is 0 Å². The van der Waals surface area contributed by atoms with E-state index in [0.717, 1.165) is 0 Å². The average Bonchev–Trinajstić information content (AvgIpc) is 3.18. The third kappa shape index (κ3) is 3.76. The molecule has 0 bridgehead atoms. The standard InChI is InChI=1S/C20H22ClN3O3/c1-4-18(25)24(12-15-7-6-10-27-15)13(3)19-22-17-9-8-14(21)11-16(17)20(26)23(19)5-2/h6-11,13H,4-5,12H2,1-3H3. The molecule has 3 rings (SSSR count). The fourth-order valence-electron chi connectivity index (χ4n) is 3.19. The molecule has 2 aromatic heterocycles. The van der Waals surface area contributed by atoms with Crippen LogP contribution < -0.4 is 5.56 Å². The van der Waals surface area contributed by atoms with Crippen molar-refractivity contribution in [3.05, 3.63) is 63.6 Å². The second kappa shape index (κ2) is 7.96. The number of carbonyl (C=O) groups is 1. The Morgan fingerprint density at radius 1 is 1.33 bits per heavy atom. The van der Waals surface area contributed by atoms with E-state index in [1.54, 1.807) is 40.0 Å². The van der Waals surface area contributed by atoms with Crippen molar-refractivity contribution in [1.82, 2.24) is 14.5 Å². The van der Waals surface area contributed by atoms with E-state index in [4.69, 9.17) is 21.0 Å². The van der Waals surface area contributed by atoms with Gasteiger partial charge >= 0.3 is 0 Å². The maximum atomic E-state index is 13.0. The van der Waals surface area contributed by atoms with Crippen LogP contribution in [-0.2, 0) is 17.9 Å². The van der Waals surface area contributed by atoms with Gasteiger partial charge in [-0.15, -0.1) is 0 Å². The van der Waals surface area contributed by atoms with Gasteiger partial charge < -0.3 is 9.32 Å². The van der Waals surface area contributed by atoms with Gasteiger partial charge in [0, 0.05) is 18.0 Å². The van der Waals surface area contributed by atoms with Crippen LogP contribution in [0.3, 0.4) is 0 Å². The van der Waals surface area contributed by atoms with Gasteiger partial charge in [-0.1, -0.05) is 18.5 Å². The lowest BCUT2D eigenvalue weighted by molar-refractivity contribution is -0.134. The van der Waals surface area contributed by atoms with Crippen LogP contribution in [0.5, 0.6) is 0 Å². The summed E-state index contributed by atoms with van der Waals surface area (Å²) in [5, 5.41) is 0.963. The van der Waals surface area contributed by atoms with E-state index in [2.05, 4.69) is 0 Å². The van der Waals surface area contributed by atoms with Crippen molar-refractivity contribution in [2.45, 2.75) is 46.3 Å². The van der Waals surface area contributed by atoms with Crippen LogP contribution >= 0.6 is 11.6 Å². The fourth-order valence-corrected chi connectivity index (χ4v) is 3.36. The van der Waals surface area contributed by atoms with Crippen LogP contribution in [0.1, 0.15) is 44.8 Å². The summed E-state index contributed by atoms with van der Waals surface area (Å²) in [6.45, 7) is 6.34. The second-order valence-electron chi connectivity index (χ2n) is 6.31. The lowest BCUT2D eigenvalue weighted by atomic mass is 10.2. The first-order valence-electron chi connectivity index (χ1n) is 8.98. The van der Waals surface area contributed by atoms with E-state index in [1.165, 1.54) is 0 Å². The third-order valence-electron chi connectivity index (χ3n) is 4.63. The van der Waals surface area contributed by atoms with Gasteiger partial charge in [-0.2, -0.15) is 0 Å². The number of rotatable bonds is 6. The molecule has 0 spiro atoms. The fraction of sp³-hybridized carbons (Fsp3) is 0.350. The highest BCUT2D eigenvalue weighted by Gasteiger charge is 2.26. The van der Waals surface area contributed by atoms with Gasteiger partial charge in [-0.25, -0.2) is 4.98 Å². The SMILES string of the molecule is CCC(=O)N(Cc1ccco1)C(C)c1nc2ccc(Cl)cc2c(=O)n1CC. The highest BCUT2D eigenvalue weighted by Crippen LogP contribution is 2.24. The topological polar surface area (TPSA) is 68.3 Å². The minimum Gasteiger partial charge on any atom is -0.467 e. The first-order chi connectivity index (χ1) is 13.0. The molecule has 1 aromatic carbocycles. The molecule has 0 saturated carbocycles. The molecule has 1 amide bonds. The highest BCUT2D eigenvalue weighted by molar-refractivity contribution is 6.31. The smallest absolute Gasteiger partial charge is 0.261 e. The minimum absolute atomic E-state index is 0.0352. The average molecular weight is 388 g/mol. The van der Waals surface area contributed by atoms with Gasteiger partial charge in [0.15, 0.2) is 0 Å². The number of fused-ring (bicyclic) bond motifs is 1. The van der Waals surface area contributed by atoms with Crippen molar-refractivity contribution < 1.29 is 9.21 Å². The molecule has 27 heavy (non-hydrogen) atoms. The first kappa shape index (κ1) is 19.2. The molecule has 0 fully saturated rings. The summed E-state index contributed by atoms with van der Waals surface area (Å²) in [6, 6.07) is 8.28. The normalized spacial score (nSPS) is 12.3. The Labute approximate surface area is 162 Å². The quantitative estimate of drug-likeness (QED) is 0.636. The zero-order chi connectivity index (χ0) is 19.6. The van der Waals surface area contributed by atoms with Crippen molar-refractivity contribution in [1.29, 1.82) is 0 Å². The lowest BCUT2D eigenvalue weighted by Gasteiger charge is -2.29. The Kier molecular flexibility index (Phi) is 5.65. The van der Waals surface area contributed by atoms with Crippen LogP contribution in [0.15, 0.2) is 45.8 Å². The van der Waals surface area contributed by atoms with Gasteiger partial charge in [0.05, 0.1) is 29.8 Å². The Bertz CT molecular complexity index is 1010. The van der Waals surface area contributed by atoms with Crippen LogP contribution in [0.2, 0.25) is 5.02 Å². The van der Waals surface area contributed by atoms with Crippen molar-refractivity contribution in [3.63, 3.8) is 0 Å². The molecule has 1 atom stereocenters. The summed E-state index contributed by atoms with van der Waals surface area (Å²) in [5.41, 5.74) is 0.409. The molecule has 7 heteroatoms. The van der Waals surface area contributed by atoms with Gasteiger partial charge in [-0.3, -0.25) is 14.2 Å². The van der Waals surface area contributed by atoms with Crippen LogP contribution in [0, 0.1) is 0 Å². The van der Waals surface area contributed by atoms with Gasteiger partial charge in [0.1, 0.15) is 11.6 Å². The van der Waals surface area contributed by atoms with E-state index < -0.39 is 6.04 Å². The number of amides is 1. The number of nitrogens with zero attached hydrogens (tertiary/aromatic N) is 3. The molecule has 0 aliphatic carbocycles. The molecule has 0 saturated heterocycles. The number of aromatic nitrogens is 2. The van der Waals surface area contributed by atoms with Gasteiger partial charge in [0.25, 0.3) is 5.56 Å². The summed E-state index contributed by atoms with van der Waals surface area (Å²) >= 11 is 6.04. The summed E-state index contributed by atoms with van der Waals surface area (Å²) in [6.07, 6.45) is 1.93. The maximum absolute atomic E-state index is 13.0. The highest BCUT2D eigenvalue weighted by atomic mass is 35.5. The zero-order valence-corrected chi connectivity index (χ0v) is 16.4. The molecular weight excluding hydrogens is 366 g/mol. The monoisotopic (exact) mass is 387 g/mol. The molecular formula is C20H22ClN3O3. The first-order valence-corrected chi connectivity index (χ1v) is 9.35. The number of furan rings is 1. The maximum Gasteiger partial charge on any atom is 0.261 e. The zero-order valence-electron chi connectivity index (χ0n) is 15.6. The molecule has 0 aliphatic heterocycles. The van der Waals surface area contributed by atoms with Crippen molar-refractivity contribution in [3.8, 4) is 0 Å². The molecule has 3 aromatic rings. The van der Waals surface area contributed by atoms with Gasteiger partial charge in [0.2, 0.25) is 5.91 Å². The Balaban J connectivity index is 2.11. The molecule has 6 nitrogen and oxygen atoms in total. The molecule has 2 heterocycles. The molecule has 142 valence electrons. The Morgan fingerprint density at radius 2 is 2.11 bits per heavy atom. The molecule has 0 aliphatic rings. The Morgan fingerprint density at radius 3 is 2.74 bits per heavy atom. The summed E-state index contributed by atoms with van der Waals surface area (Å²) in [4.78, 5) is 31.9. The summed E-state index contributed by atoms with van der Waals surface area (Å²) < 4.78 is 7.01. The van der Waals surface area contributed by atoms with E-state index in [0.29, 0.717) is 47.0 Å². The van der Waals surface area contributed by atoms with E-state index in [1.807, 2.05) is 26.8 Å². The number of hydrogen-bond donors (Lipinski definition) is 0. The Hall–Kier alpha value is -2.60. The third-order valence-corrected chi connectivity index (χ3v) is 4.87. The minimum atomic E-state index is -0.393. The van der Waals surface area contributed by atoms with E-state index >= 15 is 0 Å². The van der Waals surface area contributed by atoms with Crippen molar-refractivity contribution >= 4 is 28.4 Å². The van der Waals surface area contributed by atoms with Crippen LogP contribution in [0.4, 0.5) is 0 Å². The summed E-state index contributed by atoms with van der Waals surface area (Å²) in [7, 11) is 0. The number of carbonyl (C=O) groups excluding carboxylic acids is 1. The predicted molar refractivity (Wildman–Crippen MR) is 105 cm³/mol. The van der Waals surface area contributed by atoms with Gasteiger partial charge in [-0.05, 0) is 44.2 Å². The largest absolute Gasteiger partial charge is 0.467 e. The number of halogens is 1. The number of hydrogen-bond acceptors (Lipinski definition) is 4. The number of benzene rings is 1. The van der Waals surface area contributed by atoms with Crippen LogP contribution in [-0.4, -0.2) is 20.4 Å². The van der Waals surface area contributed by atoms with E-state index in [9.17, 15) is 9.59 Å². The summed E-state index contributed by atoms with van der Waals surface area (Å²) in [5.74, 6) is 1.19. The molecule has 0 N–H and O–H groups in total. The van der Waals surface area contributed by atoms with Crippen molar-refractivity contribution in [2.75, 3.05) is 0 Å². The van der Waals surface area contributed by atoms with Crippen LogP contribution in [0.25, 0.3) is 10.9 Å². The molecule has 0 radical (unpaired) electrons.